The van der Waals surface area contributed by atoms with E-state index in [0.717, 1.165) is 0 Å². The van der Waals surface area contributed by atoms with Gasteiger partial charge in [-0.3, -0.25) is 0 Å². The first-order valence-corrected chi connectivity index (χ1v) is 8.00. The highest BCUT2D eigenvalue weighted by molar-refractivity contribution is 7.89. The van der Waals surface area contributed by atoms with Gasteiger partial charge in [0.15, 0.2) is 0 Å². The molecule has 5 nitrogen and oxygen atoms in total. The smallest absolute Gasteiger partial charge is 0.211 e. The van der Waals surface area contributed by atoms with Crippen molar-refractivity contribution in [1.82, 2.24) is 4.72 Å². The van der Waals surface area contributed by atoms with E-state index in [1.165, 1.54) is 0 Å². The van der Waals surface area contributed by atoms with E-state index in [-0.39, 0.29) is 12.3 Å². The summed E-state index contributed by atoms with van der Waals surface area (Å²) in [4.78, 5) is 0. The normalized spacial score (nSPS) is 11.7. The summed E-state index contributed by atoms with van der Waals surface area (Å²) in [6, 6.07) is 6.98. The van der Waals surface area contributed by atoms with Crippen LogP contribution in [0.4, 0.5) is 5.69 Å². The minimum absolute atomic E-state index is 0.159. The van der Waals surface area contributed by atoms with E-state index in [1.54, 1.807) is 24.3 Å². The number of hydrogen-bond donors (Lipinski definition) is 2. The van der Waals surface area contributed by atoms with Crippen molar-refractivity contribution in [2.75, 3.05) is 24.6 Å². The van der Waals surface area contributed by atoms with Gasteiger partial charge in [0, 0.05) is 12.2 Å². The maximum absolute atomic E-state index is 11.6. The lowest BCUT2D eigenvalue weighted by molar-refractivity contribution is 0.323. The van der Waals surface area contributed by atoms with E-state index in [9.17, 15) is 8.42 Å². The summed E-state index contributed by atoms with van der Waals surface area (Å²) >= 11 is 0. The van der Waals surface area contributed by atoms with Crippen molar-refractivity contribution in [3.05, 3.63) is 24.3 Å². The van der Waals surface area contributed by atoms with Crippen LogP contribution in [-0.2, 0) is 10.0 Å². The molecule has 0 aromatic heterocycles. The SMILES string of the molecule is CC(C)CCS(=O)(=O)NCCOc1ccc(N)cc1. The van der Waals surface area contributed by atoms with Gasteiger partial charge in [0.2, 0.25) is 10.0 Å². The van der Waals surface area contributed by atoms with Gasteiger partial charge in [0.25, 0.3) is 0 Å². The van der Waals surface area contributed by atoms with Crippen molar-refractivity contribution < 1.29 is 13.2 Å². The van der Waals surface area contributed by atoms with Crippen LogP contribution in [0.3, 0.4) is 0 Å². The third-order valence-corrected chi connectivity index (χ3v) is 3.95. The number of nitrogens with two attached hydrogens (primary N) is 1. The van der Waals surface area contributed by atoms with Crippen LogP contribution >= 0.6 is 0 Å². The Kier molecular flexibility index (Phi) is 6.11. The topological polar surface area (TPSA) is 81.4 Å². The zero-order valence-corrected chi connectivity index (χ0v) is 12.2. The first-order chi connectivity index (χ1) is 8.89. The monoisotopic (exact) mass is 286 g/mol. The summed E-state index contributed by atoms with van der Waals surface area (Å²) in [5.41, 5.74) is 6.22. The molecule has 108 valence electrons. The highest BCUT2D eigenvalue weighted by Crippen LogP contribution is 2.12. The van der Waals surface area contributed by atoms with Crippen molar-refractivity contribution in [2.45, 2.75) is 20.3 Å². The molecule has 0 atom stereocenters. The maximum atomic E-state index is 11.6. The zero-order chi connectivity index (χ0) is 14.3. The lowest BCUT2D eigenvalue weighted by Gasteiger charge is -2.09. The second kappa shape index (κ2) is 7.35. The molecule has 0 saturated heterocycles. The number of benzene rings is 1. The highest BCUT2D eigenvalue weighted by atomic mass is 32.2. The summed E-state index contributed by atoms with van der Waals surface area (Å²) in [5.74, 6) is 1.21. The third-order valence-electron chi connectivity index (χ3n) is 2.54. The molecule has 19 heavy (non-hydrogen) atoms. The standard InChI is InChI=1S/C13H22N2O3S/c1-11(2)7-10-19(16,17)15-8-9-18-13-5-3-12(14)4-6-13/h3-6,11,15H,7-10,14H2,1-2H3. The first-order valence-electron chi connectivity index (χ1n) is 6.35. The molecule has 0 aliphatic heterocycles. The molecule has 0 unspecified atom stereocenters. The van der Waals surface area contributed by atoms with Gasteiger partial charge >= 0.3 is 0 Å². The predicted octanol–water partition coefficient (Wildman–Crippen LogP) is 1.61. The van der Waals surface area contributed by atoms with Crippen molar-refractivity contribution in [1.29, 1.82) is 0 Å². The highest BCUT2D eigenvalue weighted by Gasteiger charge is 2.10. The molecular formula is C13H22N2O3S. The molecule has 0 aliphatic rings. The summed E-state index contributed by atoms with van der Waals surface area (Å²) in [7, 11) is -3.19. The number of hydrogen-bond acceptors (Lipinski definition) is 4. The van der Waals surface area contributed by atoms with Gasteiger partial charge in [0.1, 0.15) is 12.4 Å². The molecular weight excluding hydrogens is 264 g/mol. The second-order valence-electron chi connectivity index (χ2n) is 4.81. The molecule has 1 aromatic carbocycles. The van der Waals surface area contributed by atoms with E-state index in [2.05, 4.69) is 4.72 Å². The van der Waals surface area contributed by atoms with E-state index >= 15 is 0 Å². The van der Waals surface area contributed by atoms with Crippen LogP contribution in [0.25, 0.3) is 0 Å². The maximum Gasteiger partial charge on any atom is 0.211 e. The lowest BCUT2D eigenvalue weighted by Crippen LogP contribution is -2.30. The van der Waals surface area contributed by atoms with Crippen molar-refractivity contribution in [3.63, 3.8) is 0 Å². The minimum Gasteiger partial charge on any atom is -0.492 e. The number of rotatable bonds is 8. The first kappa shape index (κ1) is 15.8. The van der Waals surface area contributed by atoms with E-state index in [4.69, 9.17) is 10.5 Å². The minimum atomic E-state index is -3.19. The summed E-state index contributed by atoms with van der Waals surface area (Å²) < 4.78 is 31.1. The predicted molar refractivity (Wildman–Crippen MR) is 77.6 cm³/mol. The van der Waals surface area contributed by atoms with Gasteiger partial charge in [-0.25, -0.2) is 13.1 Å². The Morgan fingerprint density at radius 3 is 2.47 bits per heavy atom. The Bertz CT molecular complexity index is 469. The molecule has 6 heteroatoms. The molecule has 0 bridgehead atoms. The molecule has 0 saturated carbocycles. The lowest BCUT2D eigenvalue weighted by atomic mass is 10.2. The van der Waals surface area contributed by atoms with E-state index < -0.39 is 10.0 Å². The van der Waals surface area contributed by atoms with Crippen LogP contribution in [0, 0.1) is 5.92 Å². The summed E-state index contributed by atoms with van der Waals surface area (Å²) in [5, 5.41) is 0. The third kappa shape index (κ3) is 7.03. The van der Waals surface area contributed by atoms with Crippen LogP contribution < -0.4 is 15.2 Å². The van der Waals surface area contributed by atoms with Crippen molar-refractivity contribution in [2.24, 2.45) is 5.92 Å². The Morgan fingerprint density at radius 1 is 1.26 bits per heavy atom. The number of anilines is 1. The van der Waals surface area contributed by atoms with Gasteiger partial charge in [-0.05, 0) is 36.6 Å². The quantitative estimate of drug-likeness (QED) is 0.562. The molecule has 0 heterocycles. The van der Waals surface area contributed by atoms with Gasteiger partial charge in [-0.2, -0.15) is 0 Å². The Hall–Kier alpha value is -1.27. The van der Waals surface area contributed by atoms with E-state index in [0.29, 0.717) is 30.4 Å². The molecule has 3 N–H and O–H groups in total. The zero-order valence-electron chi connectivity index (χ0n) is 11.4. The molecule has 0 aliphatic carbocycles. The van der Waals surface area contributed by atoms with Crippen LogP contribution in [-0.4, -0.2) is 27.3 Å². The summed E-state index contributed by atoms with van der Waals surface area (Å²) in [6.45, 7) is 4.56. The number of ether oxygens (including phenoxy) is 1. The molecule has 0 radical (unpaired) electrons. The van der Waals surface area contributed by atoms with Crippen molar-refractivity contribution in [3.8, 4) is 5.75 Å². The van der Waals surface area contributed by atoms with Crippen LogP contribution in [0.1, 0.15) is 20.3 Å². The number of sulfonamides is 1. The average molecular weight is 286 g/mol. The van der Waals surface area contributed by atoms with Gasteiger partial charge in [0.05, 0.1) is 5.75 Å². The Balaban J connectivity index is 2.25. The molecule has 1 rings (SSSR count). The number of nitrogen functional groups attached to an aromatic ring is 1. The molecule has 0 fully saturated rings. The Morgan fingerprint density at radius 2 is 1.89 bits per heavy atom. The van der Waals surface area contributed by atoms with Gasteiger partial charge in [-0.1, -0.05) is 13.8 Å². The fourth-order valence-electron chi connectivity index (χ4n) is 1.39. The molecule has 0 spiro atoms. The van der Waals surface area contributed by atoms with Gasteiger partial charge < -0.3 is 10.5 Å². The van der Waals surface area contributed by atoms with Crippen LogP contribution in [0.5, 0.6) is 5.75 Å². The van der Waals surface area contributed by atoms with Crippen molar-refractivity contribution >= 4 is 15.7 Å². The number of nitrogens with one attached hydrogen (secondary N) is 1. The average Bonchev–Trinajstić information content (AvgIpc) is 2.35. The molecule has 1 aromatic rings. The van der Waals surface area contributed by atoms with Crippen LogP contribution in [0.2, 0.25) is 0 Å². The fraction of sp³-hybridized carbons (Fsp3) is 0.538. The second-order valence-corrected chi connectivity index (χ2v) is 6.74. The summed E-state index contributed by atoms with van der Waals surface area (Å²) in [6.07, 6.45) is 0.661. The van der Waals surface area contributed by atoms with Gasteiger partial charge in [-0.15, -0.1) is 0 Å². The van der Waals surface area contributed by atoms with Crippen LogP contribution in [0.15, 0.2) is 24.3 Å². The largest absolute Gasteiger partial charge is 0.492 e. The fourth-order valence-corrected chi connectivity index (χ4v) is 2.71. The molecule has 0 amide bonds. The van der Waals surface area contributed by atoms with E-state index in [1.807, 2.05) is 13.8 Å². The Labute approximate surface area is 115 Å².